The Labute approximate surface area is 221 Å². The second-order valence-electron chi connectivity index (χ2n) is 11.1. The maximum Gasteiger partial charge on any atom is 0.274 e. The summed E-state index contributed by atoms with van der Waals surface area (Å²) < 4.78 is 62.4. The average molecular weight is 550 g/mol. The Balaban J connectivity index is 1.35. The van der Waals surface area contributed by atoms with Crippen LogP contribution in [0.15, 0.2) is 23.1 Å². The predicted octanol–water partition coefficient (Wildman–Crippen LogP) is 2.13. The maximum absolute atomic E-state index is 14.9. The zero-order valence-corrected chi connectivity index (χ0v) is 22.4. The molecule has 0 spiro atoms. The molecule has 6 rings (SSSR count). The normalized spacial score (nSPS) is 24.9. The van der Waals surface area contributed by atoms with E-state index < -0.39 is 27.1 Å². The van der Waals surface area contributed by atoms with Crippen molar-refractivity contribution in [2.24, 2.45) is 0 Å². The number of hydrogen-bond acceptors (Lipinski definition) is 7. The Hall–Kier alpha value is -2.41. The maximum atomic E-state index is 14.9. The van der Waals surface area contributed by atoms with E-state index in [1.54, 1.807) is 22.6 Å². The Morgan fingerprint density at radius 1 is 1.16 bits per heavy atom. The van der Waals surface area contributed by atoms with E-state index in [4.69, 9.17) is 9.84 Å². The zero-order valence-electron chi connectivity index (χ0n) is 21.5. The number of morpholine rings is 1. The van der Waals surface area contributed by atoms with Crippen LogP contribution in [-0.4, -0.2) is 110 Å². The van der Waals surface area contributed by atoms with Crippen LogP contribution in [0.3, 0.4) is 0 Å². The topological polar surface area (TPSA) is 88.0 Å². The first-order valence-electron chi connectivity index (χ1n) is 13.3. The number of alkyl halides is 1. The lowest BCUT2D eigenvalue weighted by atomic mass is 9.99. The van der Waals surface area contributed by atoms with Gasteiger partial charge in [0.25, 0.3) is 5.91 Å². The minimum Gasteiger partial charge on any atom is -0.378 e. The van der Waals surface area contributed by atoms with Gasteiger partial charge in [0.15, 0.2) is 15.5 Å². The zero-order chi connectivity index (χ0) is 26.7. The van der Waals surface area contributed by atoms with E-state index in [1.807, 2.05) is 0 Å². The van der Waals surface area contributed by atoms with E-state index in [1.165, 1.54) is 6.07 Å². The summed E-state index contributed by atoms with van der Waals surface area (Å²) in [5, 5.41) is 4.77. The minimum absolute atomic E-state index is 0.108. The number of sulfone groups is 1. The minimum atomic E-state index is -4.00. The lowest BCUT2D eigenvalue weighted by Gasteiger charge is -2.43. The molecule has 1 aromatic carbocycles. The summed E-state index contributed by atoms with van der Waals surface area (Å²) in [7, 11) is -4.00. The Kier molecular flexibility index (Phi) is 6.56. The van der Waals surface area contributed by atoms with Crippen LogP contribution >= 0.6 is 0 Å². The smallest absolute Gasteiger partial charge is 0.274 e. The molecule has 0 saturated carbocycles. The molecule has 2 aromatic rings. The van der Waals surface area contributed by atoms with Crippen molar-refractivity contribution in [1.82, 2.24) is 24.5 Å². The highest BCUT2D eigenvalue weighted by atomic mass is 32.2. The van der Waals surface area contributed by atoms with E-state index >= 15 is 0 Å². The standard InChI is InChI=1S/C26H33F2N5O4S/c1-26(28)16-31(17-26)9-8-30-7-3-4-18(14-30)33-23-19-5-2-6-21(27)24(19)38(35,36)15-20(23)22(29-33)25(34)32-10-12-37-13-11-32/h2,5-6,18H,3-4,7-17H2,1H3. The summed E-state index contributed by atoms with van der Waals surface area (Å²) in [4.78, 5) is 19.3. The quantitative estimate of drug-likeness (QED) is 0.565. The SMILES string of the molecule is CC1(F)CN(CCN2CCCC(n3nc(C(=O)N4CCOCC4)c4c3-c3cccc(F)c3S(=O)(=O)C4)C2)C1. The van der Waals surface area contributed by atoms with Crippen LogP contribution in [0.4, 0.5) is 8.78 Å². The first-order chi connectivity index (χ1) is 18.1. The van der Waals surface area contributed by atoms with Gasteiger partial charge in [0.05, 0.1) is 30.7 Å². The highest BCUT2D eigenvalue weighted by Crippen LogP contribution is 2.43. The Morgan fingerprint density at radius 3 is 2.63 bits per heavy atom. The van der Waals surface area contributed by atoms with Gasteiger partial charge in [-0.3, -0.25) is 19.3 Å². The number of rotatable bonds is 5. The highest BCUT2D eigenvalue weighted by Gasteiger charge is 2.41. The number of halogens is 2. The van der Waals surface area contributed by atoms with Crippen molar-refractivity contribution in [1.29, 1.82) is 0 Å². The molecule has 5 heterocycles. The molecule has 0 radical (unpaired) electrons. The third kappa shape index (κ3) is 4.65. The van der Waals surface area contributed by atoms with Gasteiger partial charge in [-0.25, -0.2) is 17.2 Å². The summed E-state index contributed by atoms with van der Waals surface area (Å²) in [5.41, 5.74) is 0.151. The van der Waals surface area contributed by atoms with Crippen LogP contribution in [0.25, 0.3) is 11.3 Å². The molecule has 3 fully saturated rings. The molecule has 1 atom stereocenters. The first-order valence-corrected chi connectivity index (χ1v) is 14.9. The van der Waals surface area contributed by atoms with Crippen LogP contribution < -0.4 is 0 Å². The number of nitrogens with zero attached hydrogens (tertiary/aromatic N) is 5. The molecular weight excluding hydrogens is 516 g/mol. The van der Waals surface area contributed by atoms with Gasteiger partial charge in [-0.05, 0) is 32.4 Å². The van der Waals surface area contributed by atoms with Crippen molar-refractivity contribution < 1.29 is 26.7 Å². The number of carbonyl (C=O) groups excluding carboxylic acids is 1. The number of hydrogen-bond donors (Lipinski definition) is 0. The van der Waals surface area contributed by atoms with Gasteiger partial charge < -0.3 is 9.64 Å². The third-order valence-corrected chi connectivity index (χ3v) is 9.75. The van der Waals surface area contributed by atoms with E-state index in [-0.39, 0.29) is 28.1 Å². The molecule has 38 heavy (non-hydrogen) atoms. The first kappa shape index (κ1) is 25.8. The molecule has 4 aliphatic heterocycles. The molecule has 1 aromatic heterocycles. The fourth-order valence-corrected chi connectivity index (χ4v) is 7.94. The summed E-state index contributed by atoms with van der Waals surface area (Å²) >= 11 is 0. The fraction of sp³-hybridized carbons (Fsp3) is 0.615. The van der Waals surface area contributed by atoms with Gasteiger partial charge in [-0.1, -0.05) is 12.1 Å². The largest absolute Gasteiger partial charge is 0.378 e. The van der Waals surface area contributed by atoms with Crippen LogP contribution in [0.2, 0.25) is 0 Å². The molecule has 1 unspecified atom stereocenters. The average Bonchev–Trinajstić information content (AvgIpc) is 3.25. The van der Waals surface area contributed by atoms with Gasteiger partial charge in [0.1, 0.15) is 16.4 Å². The van der Waals surface area contributed by atoms with Crippen molar-refractivity contribution in [2.75, 3.05) is 65.6 Å². The van der Waals surface area contributed by atoms with E-state index in [0.29, 0.717) is 57.2 Å². The van der Waals surface area contributed by atoms with Gasteiger partial charge in [-0.15, -0.1) is 0 Å². The number of ether oxygens (including phenoxy) is 1. The van der Waals surface area contributed by atoms with Crippen LogP contribution in [0, 0.1) is 5.82 Å². The number of carbonyl (C=O) groups is 1. The molecule has 0 N–H and O–H groups in total. The Bertz CT molecular complexity index is 1350. The van der Waals surface area contributed by atoms with Crippen molar-refractivity contribution in [3.8, 4) is 11.3 Å². The lowest BCUT2D eigenvalue weighted by Crippen LogP contribution is -2.58. The Morgan fingerprint density at radius 2 is 1.89 bits per heavy atom. The van der Waals surface area contributed by atoms with Gasteiger partial charge in [0.2, 0.25) is 0 Å². The van der Waals surface area contributed by atoms with Crippen molar-refractivity contribution in [3.63, 3.8) is 0 Å². The summed E-state index contributed by atoms with van der Waals surface area (Å²) in [5.74, 6) is -1.57. The molecule has 12 heteroatoms. The molecule has 9 nitrogen and oxygen atoms in total. The molecule has 0 aliphatic carbocycles. The van der Waals surface area contributed by atoms with E-state index in [2.05, 4.69) is 9.80 Å². The molecule has 206 valence electrons. The predicted molar refractivity (Wildman–Crippen MR) is 136 cm³/mol. The lowest BCUT2D eigenvalue weighted by molar-refractivity contribution is -0.0232. The van der Waals surface area contributed by atoms with Crippen molar-refractivity contribution >= 4 is 15.7 Å². The fourth-order valence-electron chi connectivity index (χ4n) is 6.28. The number of aromatic nitrogens is 2. The van der Waals surface area contributed by atoms with E-state index in [0.717, 1.165) is 38.5 Å². The molecule has 0 bridgehead atoms. The molecular formula is C26H33F2N5O4S. The van der Waals surface area contributed by atoms with Gasteiger partial charge in [0, 0.05) is 56.9 Å². The number of amides is 1. The molecule has 4 aliphatic rings. The summed E-state index contributed by atoms with van der Waals surface area (Å²) in [6, 6.07) is 4.15. The second kappa shape index (κ2) is 9.65. The van der Waals surface area contributed by atoms with Gasteiger partial charge in [-0.2, -0.15) is 5.10 Å². The van der Waals surface area contributed by atoms with Crippen molar-refractivity contribution in [2.45, 2.75) is 42.1 Å². The highest BCUT2D eigenvalue weighted by molar-refractivity contribution is 7.91. The van der Waals surface area contributed by atoms with Crippen LogP contribution in [-0.2, 0) is 20.3 Å². The van der Waals surface area contributed by atoms with Crippen LogP contribution in [0.1, 0.15) is 41.9 Å². The number of benzene rings is 1. The van der Waals surface area contributed by atoms with Crippen molar-refractivity contribution in [3.05, 3.63) is 35.3 Å². The molecule has 3 saturated heterocycles. The summed E-state index contributed by atoms with van der Waals surface area (Å²) in [6.07, 6.45) is 1.71. The number of likely N-dealkylation sites (tertiary alicyclic amines) is 2. The molecule has 1 amide bonds. The monoisotopic (exact) mass is 549 g/mol. The van der Waals surface area contributed by atoms with E-state index in [9.17, 15) is 22.0 Å². The second-order valence-corrected chi connectivity index (χ2v) is 13.0. The summed E-state index contributed by atoms with van der Waals surface area (Å²) in [6.45, 7) is 7.28. The third-order valence-electron chi connectivity index (χ3n) is 8.04. The number of fused-ring (bicyclic) bond motifs is 3. The van der Waals surface area contributed by atoms with Gasteiger partial charge >= 0.3 is 0 Å². The van der Waals surface area contributed by atoms with Crippen LogP contribution in [0.5, 0.6) is 0 Å². The number of piperidine rings is 1.